The first-order valence-electron chi connectivity index (χ1n) is 8.87. The fourth-order valence-electron chi connectivity index (χ4n) is 2.86. The van der Waals surface area contributed by atoms with Gasteiger partial charge in [-0.3, -0.25) is 4.79 Å². The molecule has 1 amide bonds. The van der Waals surface area contributed by atoms with Crippen molar-refractivity contribution in [2.24, 2.45) is 0 Å². The fourth-order valence-corrected chi connectivity index (χ4v) is 4.52. The van der Waals surface area contributed by atoms with E-state index >= 15 is 0 Å². The number of benzene rings is 3. The maximum atomic E-state index is 12.5. The predicted octanol–water partition coefficient (Wildman–Crippen LogP) is 4.06. The van der Waals surface area contributed by atoms with Crippen molar-refractivity contribution in [1.29, 1.82) is 0 Å². The van der Waals surface area contributed by atoms with Gasteiger partial charge >= 0.3 is 0 Å². The third-order valence-electron chi connectivity index (χ3n) is 4.24. The van der Waals surface area contributed by atoms with Crippen LogP contribution in [-0.2, 0) is 21.2 Å². The highest BCUT2D eigenvalue weighted by atomic mass is 79.9. The number of methoxy groups -OCH3 is 1. The van der Waals surface area contributed by atoms with Gasteiger partial charge in [0.25, 0.3) is 10.0 Å². The van der Waals surface area contributed by atoms with Gasteiger partial charge in [0.2, 0.25) is 5.91 Å². The quantitative estimate of drug-likeness (QED) is 0.554. The lowest BCUT2D eigenvalue weighted by Crippen LogP contribution is -2.31. The second kappa shape index (κ2) is 8.84. The highest BCUT2D eigenvalue weighted by Gasteiger charge is 2.19. The van der Waals surface area contributed by atoms with Crippen molar-refractivity contribution >= 4 is 42.6 Å². The molecule has 3 aromatic carbocycles. The van der Waals surface area contributed by atoms with Gasteiger partial charge in [-0.2, -0.15) is 0 Å². The minimum absolute atomic E-state index is 0.0215. The van der Waals surface area contributed by atoms with E-state index in [0.29, 0.717) is 22.4 Å². The van der Waals surface area contributed by atoms with E-state index in [1.54, 1.807) is 19.2 Å². The zero-order valence-corrected chi connectivity index (χ0v) is 18.3. The van der Waals surface area contributed by atoms with Gasteiger partial charge in [-0.15, -0.1) is 0 Å². The molecule has 0 spiro atoms. The molecule has 152 valence electrons. The Labute approximate surface area is 178 Å². The number of fused-ring (bicyclic) bond motifs is 1. The largest absolute Gasteiger partial charge is 0.497 e. The number of hydrogen-bond acceptors (Lipinski definition) is 5. The van der Waals surface area contributed by atoms with E-state index in [1.165, 1.54) is 12.1 Å². The van der Waals surface area contributed by atoms with Crippen molar-refractivity contribution in [1.82, 2.24) is 4.72 Å². The summed E-state index contributed by atoms with van der Waals surface area (Å²) in [5.41, 5.74) is 0.711. The van der Waals surface area contributed by atoms with Crippen LogP contribution in [0.15, 0.2) is 64.0 Å². The summed E-state index contributed by atoms with van der Waals surface area (Å²) in [5.74, 6) is 0.670. The lowest BCUT2D eigenvalue weighted by atomic mass is 10.0. The van der Waals surface area contributed by atoms with Crippen LogP contribution < -0.4 is 14.2 Å². The fraction of sp³-hybridized carbons (Fsp3) is 0.190. The first kappa shape index (κ1) is 21.1. The zero-order chi connectivity index (χ0) is 21.0. The van der Waals surface area contributed by atoms with E-state index in [-0.39, 0.29) is 11.3 Å². The standard InChI is InChI=1S/C21H20BrNO5S/c1-3-28-20-9-8-18(13-19(20)22)29(25,26)23-21(24)11-14-4-5-16-12-17(27-2)7-6-15(16)10-14/h4-10,12-13H,3,11H2,1-2H3,(H,23,24). The maximum Gasteiger partial charge on any atom is 0.264 e. The van der Waals surface area contributed by atoms with E-state index in [4.69, 9.17) is 9.47 Å². The summed E-state index contributed by atoms with van der Waals surface area (Å²) in [6.45, 7) is 2.29. The van der Waals surface area contributed by atoms with Gasteiger partial charge in [-0.05, 0) is 69.5 Å². The SMILES string of the molecule is CCOc1ccc(S(=O)(=O)NC(=O)Cc2ccc3cc(OC)ccc3c2)cc1Br. The van der Waals surface area contributed by atoms with Crippen LogP contribution in [0.1, 0.15) is 12.5 Å². The van der Waals surface area contributed by atoms with Gasteiger partial charge in [0.15, 0.2) is 0 Å². The molecule has 0 aliphatic rings. The lowest BCUT2D eigenvalue weighted by Gasteiger charge is -2.10. The number of hydrogen-bond donors (Lipinski definition) is 1. The lowest BCUT2D eigenvalue weighted by molar-refractivity contribution is -0.118. The molecule has 6 nitrogen and oxygen atoms in total. The molecule has 29 heavy (non-hydrogen) atoms. The molecule has 0 atom stereocenters. The third kappa shape index (κ3) is 5.07. The number of nitrogens with one attached hydrogen (secondary N) is 1. The summed E-state index contributed by atoms with van der Waals surface area (Å²) in [6, 6.07) is 15.5. The highest BCUT2D eigenvalue weighted by Crippen LogP contribution is 2.28. The molecule has 1 N–H and O–H groups in total. The van der Waals surface area contributed by atoms with Gasteiger partial charge in [0, 0.05) is 0 Å². The molecule has 0 unspecified atom stereocenters. The van der Waals surface area contributed by atoms with E-state index < -0.39 is 15.9 Å². The molecular formula is C21H20BrNO5S. The molecule has 0 radical (unpaired) electrons. The first-order valence-corrected chi connectivity index (χ1v) is 11.1. The Bertz CT molecular complexity index is 1160. The molecule has 0 heterocycles. The van der Waals surface area contributed by atoms with Crippen molar-refractivity contribution in [3.63, 3.8) is 0 Å². The molecule has 3 aromatic rings. The predicted molar refractivity (Wildman–Crippen MR) is 115 cm³/mol. The monoisotopic (exact) mass is 477 g/mol. The number of halogens is 1. The number of sulfonamides is 1. The zero-order valence-electron chi connectivity index (χ0n) is 15.9. The van der Waals surface area contributed by atoms with Gasteiger partial charge in [-0.25, -0.2) is 13.1 Å². The number of carbonyl (C=O) groups excluding carboxylic acids is 1. The minimum atomic E-state index is -3.99. The summed E-state index contributed by atoms with van der Waals surface area (Å²) in [7, 11) is -2.39. The van der Waals surface area contributed by atoms with E-state index in [9.17, 15) is 13.2 Å². The summed E-state index contributed by atoms with van der Waals surface area (Å²) in [4.78, 5) is 12.3. The minimum Gasteiger partial charge on any atom is -0.497 e. The summed E-state index contributed by atoms with van der Waals surface area (Å²) in [5, 5.41) is 1.91. The second-order valence-electron chi connectivity index (χ2n) is 6.28. The molecular weight excluding hydrogens is 458 g/mol. The molecule has 0 saturated heterocycles. The van der Waals surface area contributed by atoms with Crippen molar-refractivity contribution in [3.8, 4) is 11.5 Å². The average Bonchev–Trinajstić information content (AvgIpc) is 2.68. The van der Waals surface area contributed by atoms with Gasteiger partial charge in [0.05, 0.1) is 29.5 Å². The van der Waals surface area contributed by atoms with Crippen LogP contribution in [0.5, 0.6) is 11.5 Å². The first-order chi connectivity index (χ1) is 13.8. The highest BCUT2D eigenvalue weighted by molar-refractivity contribution is 9.10. The Morgan fingerprint density at radius 1 is 1.03 bits per heavy atom. The normalized spacial score (nSPS) is 11.3. The number of rotatable bonds is 7. The number of ether oxygens (including phenoxy) is 2. The van der Waals surface area contributed by atoms with Crippen LogP contribution in [0.25, 0.3) is 10.8 Å². The van der Waals surface area contributed by atoms with E-state index in [0.717, 1.165) is 16.5 Å². The summed E-state index contributed by atoms with van der Waals surface area (Å²) < 4.78 is 38.3. The summed E-state index contributed by atoms with van der Waals surface area (Å²) in [6.07, 6.45) is -0.0562. The second-order valence-corrected chi connectivity index (χ2v) is 8.81. The molecule has 0 aliphatic heterocycles. The molecule has 0 aliphatic carbocycles. The van der Waals surface area contributed by atoms with Gasteiger partial charge < -0.3 is 9.47 Å². The van der Waals surface area contributed by atoms with Crippen LogP contribution in [0.2, 0.25) is 0 Å². The molecule has 0 aromatic heterocycles. The van der Waals surface area contributed by atoms with Crippen molar-refractivity contribution in [2.75, 3.05) is 13.7 Å². The van der Waals surface area contributed by atoms with E-state index in [1.807, 2.05) is 37.3 Å². The van der Waals surface area contributed by atoms with Gasteiger partial charge in [-0.1, -0.05) is 24.3 Å². The van der Waals surface area contributed by atoms with Crippen molar-refractivity contribution < 1.29 is 22.7 Å². The van der Waals surface area contributed by atoms with E-state index in [2.05, 4.69) is 20.7 Å². The molecule has 8 heteroatoms. The Hall–Kier alpha value is -2.58. The Morgan fingerprint density at radius 2 is 1.76 bits per heavy atom. The molecule has 0 bridgehead atoms. The Kier molecular flexibility index (Phi) is 6.44. The van der Waals surface area contributed by atoms with Crippen molar-refractivity contribution in [2.45, 2.75) is 18.2 Å². The van der Waals surface area contributed by atoms with Crippen LogP contribution in [0, 0.1) is 0 Å². The smallest absolute Gasteiger partial charge is 0.264 e. The maximum absolute atomic E-state index is 12.5. The van der Waals surface area contributed by atoms with Gasteiger partial charge in [0.1, 0.15) is 11.5 Å². The van der Waals surface area contributed by atoms with Crippen LogP contribution >= 0.6 is 15.9 Å². The van der Waals surface area contributed by atoms with Crippen LogP contribution in [0.4, 0.5) is 0 Å². The number of carbonyl (C=O) groups is 1. The Morgan fingerprint density at radius 3 is 2.45 bits per heavy atom. The number of amides is 1. The molecule has 0 saturated carbocycles. The molecule has 0 fully saturated rings. The van der Waals surface area contributed by atoms with Crippen molar-refractivity contribution in [3.05, 3.63) is 64.6 Å². The molecule has 3 rings (SSSR count). The Balaban J connectivity index is 1.74. The van der Waals surface area contributed by atoms with Crippen LogP contribution in [0.3, 0.4) is 0 Å². The topological polar surface area (TPSA) is 81.7 Å². The summed E-state index contributed by atoms with van der Waals surface area (Å²) >= 11 is 3.28. The van der Waals surface area contributed by atoms with Crippen LogP contribution in [-0.4, -0.2) is 28.0 Å². The average molecular weight is 478 g/mol. The third-order valence-corrected chi connectivity index (χ3v) is 6.23.